The van der Waals surface area contributed by atoms with Crippen LogP contribution in [0, 0.1) is 5.92 Å². The minimum atomic E-state index is -2.57. The van der Waals surface area contributed by atoms with Crippen LogP contribution in [0.3, 0.4) is 0 Å². The van der Waals surface area contributed by atoms with E-state index >= 15 is 0 Å². The van der Waals surface area contributed by atoms with Crippen LogP contribution in [-0.4, -0.2) is 42.7 Å². The monoisotopic (exact) mass is 253 g/mol. The first kappa shape index (κ1) is 15.8. The molecule has 0 saturated carbocycles. The summed E-state index contributed by atoms with van der Waals surface area (Å²) in [5.41, 5.74) is 0. The van der Waals surface area contributed by atoms with E-state index in [0.717, 1.165) is 0 Å². The molecule has 0 aromatic rings. The number of halogens is 2. The Bertz CT molecular complexity index is 259. The molecule has 0 heterocycles. The van der Waals surface area contributed by atoms with E-state index in [0.29, 0.717) is 0 Å². The van der Waals surface area contributed by atoms with E-state index in [1.54, 1.807) is 13.8 Å². The van der Waals surface area contributed by atoms with Gasteiger partial charge in [-0.2, -0.15) is 0 Å². The third-order valence-corrected chi connectivity index (χ3v) is 1.97. The predicted molar refractivity (Wildman–Crippen MR) is 55.8 cm³/mol. The highest BCUT2D eigenvalue weighted by Crippen LogP contribution is 2.02. The number of alkyl halides is 2. The van der Waals surface area contributed by atoms with Crippen LogP contribution >= 0.6 is 0 Å². The summed E-state index contributed by atoms with van der Waals surface area (Å²) in [6.45, 7) is 2.44. The molecule has 0 radical (unpaired) electrons. The van der Waals surface area contributed by atoms with Gasteiger partial charge in [0.05, 0.1) is 6.61 Å². The van der Waals surface area contributed by atoms with Crippen molar-refractivity contribution in [3.63, 3.8) is 0 Å². The van der Waals surface area contributed by atoms with Crippen LogP contribution in [0.5, 0.6) is 0 Å². The largest absolute Gasteiger partial charge is 0.480 e. The molecule has 17 heavy (non-hydrogen) atoms. The average molecular weight is 253 g/mol. The van der Waals surface area contributed by atoms with Gasteiger partial charge in [0.1, 0.15) is 12.6 Å². The number of carbonyl (C=O) groups is 2. The molecule has 1 amide bonds. The number of aliphatic carboxylic acids is 1. The first-order valence-corrected chi connectivity index (χ1v) is 5.22. The third kappa shape index (κ3) is 7.62. The summed E-state index contributed by atoms with van der Waals surface area (Å²) in [6.07, 6.45) is -2.70. The highest BCUT2D eigenvalue weighted by Gasteiger charge is 2.22. The van der Waals surface area contributed by atoms with Crippen molar-refractivity contribution in [3.05, 3.63) is 0 Å². The molecule has 0 aliphatic heterocycles. The first-order valence-electron chi connectivity index (χ1n) is 5.22. The van der Waals surface area contributed by atoms with Crippen LogP contribution < -0.4 is 5.32 Å². The van der Waals surface area contributed by atoms with Crippen molar-refractivity contribution in [3.8, 4) is 0 Å². The van der Waals surface area contributed by atoms with Crippen LogP contribution in [0.15, 0.2) is 0 Å². The van der Waals surface area contributed by atoms with Gasteiger partial charge in [0.2, 0.25) is 5.91 Å². The zero-order valence-electron chi connectivity index (χ0n) is 9.78. The molecule has 2 N–H and O–H groups in total. The molecule has 0 aromatic heterocycles. The van der Waals surface area contributed by atoms with E-state index in [1.807, 2.05) is 0 Å². The lowest BCUT2D eigenvalue weighted by molar-refractivity contribution is -0.143. The number of nitrogens with one attached hydrogen (secondary N) is 1. The summed E-state index contributed by atoms with van der Waals surface area (Å²) in [5, 5.41) is 11.1. The summed E-state index contributed by atoms with van der Waals surface area (Å²) in [4.78, 5) is 22.0. The van der Waals surface area contributed by atoms with E-state index in [9.17, 15) is 18.4 Å². The molecule has 1 atom stereocenters. The van der Waals surface area contributed by atoms with E-state index in [4.69, 9.17) is 5.11 Å². The van der Waals surface area contributed by atoms with Gasteiger partial charge in [0.15, 0.2) is 0 Å². The lowest BCUT2D eigenvalue weighted by Gasteiger charge is -2.17. The average Bonchev–Trinajstić information content (AvgIpc) is 2.19. The maximum absolute atomic E-state index is 11.7. The maximum atomic E-state index is 11.7. The van der Waals surface area contributed by atoms with Crippen molar-refractivity contribution >= 4 is 11.9 Å². The Kier molecular flexibility index (Phi) is 7.36. The molecule has 0 aromatic carbocycles. The lowest BCUT2D eigenvalue weighted by atomic mass is 10.0. The SMILES string of the molecule is CC(C)[C@@H](NC(=O)CCOCC(F)F)C(=O)O. The van der Waals surface area contributed by atoms with E-state index in [-0.39, 0.29) is 18.9 Å². The molecule has 5 nitrogen and oxygen atoms in total. The van der Waals surface area contributed by atoms with Gasteiger partial charge < -0.3 is 15.2 Å². The molecule has 7 heteroatoms. The molecule has 0 aliphatic carbocycles. The molecule has 0 saturated heterocycles. The molecule has 0 spiro atoms. The van der Waals surface area contributed by atoms with Crippen LogP contribution in [0.1, 0.15) is 20.3 Å². The van der Waals surface area contributed by atoms with Gasteiger partial charge in [-0.3, -0.25) is 4.79 Å². The Hall–Kier alpha value is -1.24. The maximum Gasteiger partial charge on any atom is 0.326 e. The number of carbonyl (C=O) groups excluding carboxylic acids is 1. The fourth-order valence-electron chi connectivity index (χ4n) is 1.10. The Morgan fingerprint density at radius 3 is 2.35 bits per heavy atom. The number of hydrogen-bond donors (Lipinski definition) is 2. The molecule has 0 bridgehead atoms. The van der Waals surface area contributed by atoms with Gasteiger partial charge in [0, 0.05) is 6.42 Å². The minimum Gasteiger partial charge on any atom is -0.480 e. The van der Waals surface area contributed by atoms with E-state index < -0.39 is 31.0 Å². The van der Waals surface area contributed by atoms with Crippen molar-refractivity contribution in [1.82, 2.24) is 5.32 Å². The topological polar surface area (TPSA) is 75.6 Å². The van der Waals surface area contributed by atoms with Crippen LogP contribution in [-0.2, 0) is 14.3 Å². The zero-order valence-corrected chi connectivity index (χ0v) is 9.78. The van der Waals surface area contributed by atoms with Crippen molar-refractivity contribution in [2.24, 2.45) is 5.92 Å². The fourth-order valence-corrected chi connectivity index (χ4v) is 1.10. The van der Waals surface area contributed by atoms with Gasteiger partial charge >= 0.3 is 5.97 Å². The number of carboxylic acid groups (broad SMARTS) is 1. The summed E-state index contributed by atoms with van der Waals surface area (Å²) >= 11 is 0. The second-order valence-corrected chi connectivity index (χ2v) is 3.84. The van der Waals surface area contributed by atoms with Crippen molar-refractivity contribution in [2.45, 2.75) is 32.7 Å². The molecule has 0 aliphatic rings. The van der Waals surface area contributed by atoms with Gasteiger partial charge in [-0.25, -0.2) is 13.6 Å². The summed E-state index contributed by atoms with van der Waals surface area (Å²) in [5.74, 6) is -1.90. The first-order chi connectivity index (χ1) is 7.84. The predicted octanol–water partition coefficient (Wildman–Crippen LogP) is 0.884. The summed E-state index contributed by atoms with van der Waals surface area (Å²) < 4.78 is 27.9. The Morgan fingerprint density at radius 2 is 1.94 bits per heavy atom. The molecule has 100 valence electrons. The van der Waals surface area contributed by atoms with Crippen LogP contribution in [0.4, 0.5) is 8.78 Å². The Balaban J connectivity index is 3.87. The number of amides is 1. The molecule has 0 fully saturated rings. The number of hydrogen-bond acceptors (Lipinski definition) is 3. The number of ether oxygens (including phenoxy) is 1. The van der Waals surface area contributed by atoms with Crippen molar-refractivity contribution in [1.29, 1.82) is 0 Å². The molecular weight excluding hydrogens is 236 g/mol. The molecular formula is C10H17F2NO4. The van der Waals surface area contributed by atoms with Crippen molar-refractivity contribution in [2.75, 3.05) is 13.2 Å². The normalized spacial score (nSPS) is 12.8. The third-order valence-electron chi connectivity index (χ3n) is 1.97. The van der Waals surface area contributed by atoms with Gasteiger partial charge in [-0.15, -0.1) is 0 Å². The highest BCUT2D eigenvalue weighted by atomic mass is 19.3. The van der Waals surface area contributed by atoms with Gasteiger partial charge in [-0.1, -0.05) is 13.8 Å². The van der Waals surface area contributed by atoms with Crippen molar-refractivity contribution < 1.29 is 28.2 Å². The zero-order chi connectivity index (χ0) is 13.4. The standard InChI is InChI=1S/C10H17F2NO4/c1-6(2)9(10(15)16)13-8(14)3-4-17-5-7(11)12/h6-7,9H,3-5H2,1-2H3,(H,13,14)(H,15,16)/t9-/m1/s1. The lowest BCUT2D eigenvalue weighted by Crippen LogP contribution is -2.44. The minimum absolute atomic E-state index is 0.136. The molecule has 0 unspecified atom stereocenters. The fraction of sp³-hybridized carbons (Fsp3) is 0.800. The van der Waals surface area contributed by atoms with Gasteiger partial charge in [-0.05, 0) is 5.92 Å². The second kappa shape index (κ2) is 7.94. The smallest absolute Gasteiger partial charge is 0.326 e. The Morgan fingerprint density at radius 1 is 1.35 bits per heavy atom. The second-order valence-electron chi connectivity index (χ2n) is 3.84. The quantitative estimate of drug-likeness (QED) is 0.630. The van der Waals surface area contributed by atoms with Crippen LogP contribution in [0.2, 0.25) is 0 Å². The summed E-state index contributed by atoms with van der Waals surface area (Å²) in [7, 11) is 0. The molecule has 0 rings (SSSR count). The highest BCUT2D eigenvalue weighted by molar-refractivity contribution is 5.83. The van der Waals surface area contributed by atoms with E-state index in [1.165, 1.54) is 0 Å². The number of rotatable bonds is 8. The number of carboxylic acids is 1. The Labute approximate surface area is 98.1 Å². The van der Waals surface area contributed by atoms with Gasteiger partial charge in [0.25, 0.3) is 6.43 Å². The summed E-state index contributed by atoms with van der Waals surface area (Å²) in [6, 6.07) is -0.974. The van der Waals surface area contributed by atoms with Crippen LogP contribution in [0.25, 0.3) is 0 Å². The van der Waals surface area contributed by atoms with E-state index in [2.05, 4.69) is 10.1 Å².